The fourth-order valence-corrected chi connectivity index (χ4v) is 3.52. The summed E-state index contributed by atoms with van der Waals surface area (Å²) in [6.07, 6.45) is 1.01. The highest BCUT2D eigenvalue weighted by molar-refractivity contribution is 7.89. The Morgan fingerprint density at radius 3 is 2.65 bits per heavy atom. The summed E-state index contributed by atoms with van der Waals surface area (Å²) < 4.78 is 32.2. The highest BCUT2D eigenvalue weighted by Crippen LogP contribution is 2.19. The first kappa shape index (κ1) is 15.3. The minimum absolute atomic E-state index is 0.278. The van der Waals surface area contributed by atoms with E-state index in [1.54, 1.807) is 31.4 Å². The summed E-state index contributed by atoms with van der Waals surface area (Å²) in [4.78, 5) is 0.278. The van der Waals surface area contributed by atoms with Gasteiger partial charge in [-0.1, -0.05) is 6.92 Å². The molecule has 0 bridgehead atoms. The van der Waals surface area contributed by atoms with Crippen LogP contribution in [0.1, 0.15) is 13.3 Å². The van der Waals surface area contributed by atoms with Crippen LogP contribution < -0.4 is 14.8 Å². The smallest absolute Gasteiger partial charge is 0.240 e. The average molecular weight is 298 g/mol. The molecular formula is C14H22N2O3S. The molecule has 1 aliphatic rings. The quantitative estimate of drug-likeness (QED) is 0.858. The Bertz CT molecular complexity index is 528. The van der Waals surface area contributed by atoms with Crippen molar-refractivity contribution in [1.29, 1.82) is 0 Å². The maximum atomic E-state index is 12.2. The van der Waals surface area contributed by atoms with Gasteiger partial charge < -0.3 is 10.1 Å². The second-order valence-electron chi connectivity index (χ2n) is 5.26. The van der Waals surface area contributed by atoms with E-state index in [1.165, 1.54) is 0 Å². The number of piperidine rings is 1. The number of sulfonamides is 1. The third-order valence-electron chi connectivity index (χ3n) is 3.87. The molecule has 2 N–H and O–H groups in total. The van der Waals surface area contributed by atoms with Gasteiger partial charge in [-0.2, -0.15) is 0 Å². The zero-order valence-corrected chi connectivity index (χ0v) is 12.7. The molecule has 2 rings (SSSR count). The van der Waals surface area contributed by atoms with Gasteiger partial charge in [0, 0.05) is 6.54 Å². The lowest BCUT2D eigenvalue weighted by molar-refractivity contribution is 0.274. The van der Waals surface area contributed by atoms with E-state index in [2.05, 4.69) is 17.0 Å². The van der Waals surface area contributed by atoms with Crippen LogP contribution in [0.5, 0.6) is 5.75 Å². The van der Waals surface area contributed by atoms with Crippen LogP contribution >= 0.6 is 0 Å². The summed E-state index contributed by atoms with van der Waals surface area (Å²) in [6.45, 7) is 4.56. The lowest BCUT2D eigenvalue weighted by Gasteiger charge is -2.29. The van der Waals surface area contributed by atoms with E-state index in [0.717, 1.165) is 19.5 Å². The summed E-state index contributed by atoms with van der Waals surface area (Å²) in [5, 5.41) is 3.31. The highest BCUT2D eigenvalue weighted by Gasteiger charge is 2.23. The number of ether oxygens (including phenoxy) is 1. The number of rotatable bonds is 5. The molecule has 1 heterocycles. The average Bonchev–Trinajstić information content (AvgIpc) is 2.46. The molecule has 6 heteroatoms. The van der Waals surface area contributed by atoms with Crippen LogP contribution in [0.15, 0.2) is 29.2 Å². The van der Waals surface area contributed by atoms with Gasteiger partial charge >= 0.3 is 0 Å². The Morgan fingerprint density at radius 1 is 1.35 bits per heavy atom. The SMILES string of the molecule is COc1ccc(S(=O)(=O)NCC2CCNCC2C)cc1. The Hall–Kier alpha value is -1.11. The van der Waals surface area contributed by atoms with Gasteiger partial charge in [0.2, 0.25) is 10.0 Å². The topological polar surface area (TPSA) is 67.4 Å². The van der Waals surface area contributed by atoms with E-state index >= 15 is 0 Å². The maximum absolute atomic E-state index is 12.2. The molecule has 0 amide bonds. The maximum Gasteiger partial charge on any atom is 0.240 e. The molecule has 0 aliphatic carbocycles. The lowest BCUT2D eigenvalue weighted by atomic mass is 9.88. The number of hydrogen-bond donors (Lipinski definition) is 2. The van der Waals surface area contributed by atoms with Crippen LogP contribution in [0.3, 0.4) is 0 Å². The van der Waals surface area contributed by atoms with E-state index in [0.29, 0.717) is 24.1 Å². The molecule has 1 aromatic rings. The Labute approximate surface area is 120 Å². The van der Waals surface area contributed by atoms with Gasteiger partial charge in [-0.05, 0) is 55.6 Å². The third kappa shape index (κ3) is 3.71. The number of nitrogens with one attached hydrogen (secondary N) is 2. The first-order valence-corrected chi connectivity index (χ1v) is 8.35. The molecule has 112 valence electrons. The standard InChI is InChI=1S/C14H22N2O3S/c1-11-9-15-8-7-12(11)10-16-20(17,18)14-5-3-13(19-2)4-6-14/h3-6,11-12,15-16H,7-10H2,1-2H3. The van der Waals surface area contributed by atoms with Gasteiger partial charge in [-0.3, -0.25) is 0 Å². The van der Waals surface area contributed by atoms with Crippen molar-refractivity contribution in [3.63, 3.8) is 0 Å². The van der Waals surface area contributed by atoms with Gasteiger partial charge in [0.15, 0.2) is 0 Å². The molecule has 0 spiro atoms. The minimum Gasteiger partial charge on any atom is -0.497 e. The predicted octanol–water partition coefficient (Wildman–Crippen LogP) is 1.22. The molecule has 1 saturated heterocycles. The largest absolute Gasteiger partial charge is 0.497 e. The van der Waals surface area contributed by atoms with Crippen LogP contribution in [0.4, 0.5) is 0 Å². The second kappa shape index (κ2) is 6.56. The van der Waals surface area contributed by atoms with Crippen LogP contribution in [0, 0.1) is 11.8 Å². The Morgan fingerprint density at radius 2 is 2.05 bits per heavy atom. The number of hydrogen-bond acceptors (Lipinski definition) is 4. The van der Waals surface area contributed by atoms with Crippen molar-refractivity contribution in [2.45, 2.75) is 18.2 Å². The van der Waals surface area contributed by atoms with Gasteiger partial charge in [0.05, 0.1) is 12.0 Å². The highest BCUT2D eigenvalue weighted by atomic mass is 32.2. The summed E-state index contributed by atoms with van der Waals surface area (Å²) in [5.41, 5.74) is 0. The van der Waals surface area contributed by atoms with Crippen molar-refractivity contribution in [2.24, 2.45) is 11.8 Å². The van der Waals surface area contributed by atoms with Gasteiger partial charge in [-0.15, -0.1) is 0 Å². The Kier molecular flexibility index (Phi) is 5.01. The zero-order chi connectivity index (χ0) is 14.6. The van der Waals surface area contributed by atoms with Gasteiger partial charge in [0.25, 0.3) is 0 Å². The van der Waals surface area contributed by atoms with Crippen LogP contribution in [0.2, 0.25) is 0 Å². The lowest BCUT2D eigenvalue weighted by Crippen LogP contribution is -2.41. The predicted molar refractivity (Wildman–Crippen MR) is 78.3 cm³/mol. The van der Waals surface area contributed by atoms with E-state index < -0.39 is 10.0 Å². The van der Waals surface area contributed by atoms with E-state index in [-0.39, 0.29) is 4.90 Å². The Balaban J connectivity index is 1.99. The molecule has 20 heavy (non-hydrogen) atoms. The summed E-state index contributed by atoms with van der Waals surface area (Å²) >= 11 is 0. The molecule has 1 aromatic carbocycles. The van der Waals surface area contributed by atoms with Gasteiger partial charge in [-0.25, -0.2) is 13.1 Å². The summed E-state index contributed by atoms with van der Waals surface area (Å²) in [7, 11) is -1.88. The number of methoxy groups -OCH3 is 1. The van der Waals surface area contributed by atoms with Crippen molar-refractivity contribution in [3.8, 4) is 5.75 Å². The first-order chi connectivity index (χ1) is 9.53. The van der Waals surface area contributed by atoms with Crippen molar-refractivity contribution in [3.05, 3.63) is 24.3 Å². The van der Waals surface area contributed by atoms with Crippen LogP contribution in [-0.4, -0.2) is 35.2 Å². The fraction of sp³-hybridized carbons (Fsp3) is 0.571. The normalized spacial score (nSPS) is 23.5. The summed E-state index contributed by atoms with van der Waals surface area (Å²) in [5.74, 6) is 1.53. The molecule has 1 aliphatic heterocycles. The molecule has 5 nitrogen and oxygen atoms in total. The van der Waals surface area contributed by atoms with Gasteiger partial charge in [0.1, 0.15) is 5.75 Å². The molecule has 0 aromatic heterocycles. The first-order valence-electron chi connectivity index (χ1n) is 6.87. The molecular weight excluding hydrogens is 276 g/mol. The van der Waals surface area contributed by atoms with Crippen LogP contribution in [0.25, 0.3) is 0 Å². The van der Waals surface area contributed by atoms with Crippen molar-refractivity contribution >= 4 is 10.0 Å². The molecule has 2 atom stereocenters. The van der Waals surface area contributed by atoms with Crippen molar-refractivity contribution < 1.29 is 13.2 Å². The minimum atomic E-state index is -3.43. The van der Waals surface area contributed by atoms with E-state index in [9.17, 15) is 8.42 Å². The van der Waals surface area contributed by atoms with Crippen molar-refractivity contribution in [1.82, 2.24) is 10.0 Å². The van der Waals surface area contributed by atoms with E-state index in [4.69, 9.17) is 4.74 Å². The van der Waals surface area contributed by atoms with Crippen LogP contribution in [-0.2, 0) is 10.0 Å². The second-order valence-corrected chi connectivity index (χ2v) is 7.02. The molecule has 2 unspecified atom stereocenters. The van der Waals surface area contributed by atoms with Crippen molar-refractivity contribution in [2.75, 3.05) is 26.7 Å². The fourth-order valence-electron chi connectivity index (χ4n) is 2.43. The molecule has 0 saturated carbocycles. The molecule has 0 radical (unpaired) electrons. The van der Waals surface area contributed by atoms with E-state index in [1.807, 2.05) is 0 Å². The monoisotopic (exact) mass is 298 g/mol. The molecule has 1 fully saturated rings. The third-order valence-corrected chi connectivity index (χ3v) is 5.31. The zero-order valence-electron chi connectivity index (χ0n) is 11.9. The summed E-state index contributed by atoms with van der Waals surface area (Å²) in [6, 6.07) is 6.43. The number of benzene rings is 1.